The molecule has 1 atom stereocenters. The zero-order valence-electron chi connectivity index (χ0n) is 13.7. The van der Waals surface area contributed by atoms with Crippen molar-refractivity contribution in [3.8, 4) is 0 Å². The minimum absolute atomic E-state index is 0.0877. The molecule has 0 aromatic heterocycles. The van der Waals surface area contributed by atoms with Gasteiger partial charge in [-0.15, -0.1) is 0 Å². The van der Waals surface area contributed by atoms with E-state index in [-0.39, 0.29) is 24.1 Å². The second kappa shape index (κ2) is 7.03. The Morgan fingerprint density at radius 3 is 2.67 bits per heavy atom. The van der Waals surface area contributed by atoms with E-state index in [0.29, 0.717) is 26.3 Å². The van der Waals surface area contributed by atoms with Crippen LogP contribution in [-0.2, 0) is 16.0 Å². The van der Waals surface area contributed by atoms with Gasteiger partial charge in [0.25, 0.3) is 0 Å². The molecule has 0 radical (unpaired) electrons. The molecule has 5 nitrogen and oxygen atoms in total. The molecule has 0 bridgehead atoms. The number of likely N-dealkylation sites (tertiary alicyclic amines) is 1. The molecule has 1 N–H and O–H groups in total. The monoisotopic (exact) mass is 340 g/mol. The maximum atomic E-state index is 13.6. The highest BCUT2D eigenvalue weighted by atomic mass is 19.1. The third kappa shape index (κ3) is 3.52. The summed E-state index contributed by atoms with van der Waals surface area (Å²) in [5, 5.41) is 2.60. The summed E-state index contributed by atoms with van der Waals surface area (Å²) in [6, 6.07) is 3.32. The number of amides is 2. The van der Waals surface area contributed by atoms with Crippen molar-refractivity contribution in [2.45, 2.75) is 32.1 Å². The van der Waals surface area contributed by atoms with Gasteiger partial charge in [0.15, 0.2) is 5.79 Å². The van der Waals surface area contributed by atoms with Gasteiger partial charge in [0.05, 0.1) is 19.8 Å². The largest absolute Gasteiger partial charge is 0.347 e. The average Bonchev–Trinajstić information content (AvgIpc) is 3.02. The molecule has 2 aliphatic heterocycles. The maximum absolute atomic E-state index is 13.6. The van der Waals surface area contributed by atoms with Crippen LogP contribution in [-0.4, -0.2) is 43.0 Å². The van der Waals surface area contributed by atoms with Crippen LogP contribution in [0.1, 0.15) is 25.3 Å². The summed E-state index contributed by atoms with van der Waals surface area (Å²) in [5.74, 6) is -1.89. The molecule has 0 aliphatic carbocycles. The minimum atomic E-state index is -0.660. The van der Waals surface area contributed by atoms with Crippen molar-refractivity contribution in [1.29, 1.82) is 0 Å². The fraction of sp³-hybridized carbons (Fsp3) is 0.588. The number of nitrogens with one attached hydrogen (secondary N) is 1. The molecule has 132 valence electrons. The van der Waals surface area contributed by atoms with Gasteiger partial charge in [-0.05, 0) is 31.9 Å². The number of halogens is 2. The predicted molar refractivity (Wildman–Crippen MR) is 83.2 cm³/mol. The van der Waals surface area contributed by atoms with Crippen molar-refractivity contribution < 1.29 is 23.0 Å². The Bertz CT molecular complexity index is 585. The molecule has 2 saturated heterocycles. The van der Waals surface area contributed by atoms with Gasteiger partial charge in [-0.25, -0.2) is 13.6 Å². The van der Waals surface area contributed by atoms with E-state index in [1.165, 1.54) is 18.2 Å². The molecule has 7 heteroatoms. The summed E-state index contributed by atoms with van der Waals surface area (Å²) < 4.78 is 38.6. The number of nitrogens with zero attached hydrogens (tertiary/aromatic N) is 1. The fourth-order valence-electron chi connectivity index (χ4n) is 3.33. The lowest BCUT2D eigenvalue weighted by Gasteiger charge is -2.39. The van der Waals surface area contributed by atoms with Crippen molar-refractivity contribution in [3.63, 3.8) is 0 Å². The Morgan fingerprint density at radius 1 is 1.33 bits per heavy atom. The van der Waals surface area contributed by atoms with Gasteiger partial charge in [-0.2, -0.15) is 0 Å². The van der Waals surface area contributed by atoms with Gasteiger partial charge >= 0.3 is 6.03 Å². The zero-order valence-corrected chi connectivity index (χ0v) is 13.7. The summed E-state index contributed by atoms with van der Waals surface area (Å²) in [6.45, 7) is 3.96. The van der Waals surface area contributed by atoms with Gasteiger partial charge in [0.2, 0.25) is 0 Å². The molecule has 0 unspecified atom stereocenters. The number of hydrogen-bond donors (Lipinski definition) is 1. The summed E-state index contributed by atoms with van der Waals surface area (Å²) in [7, 11) is 0. The van der Waals surface area contributed by atoms with Crippen LogP contribution in [0.3, 0.4) is 0 Å². The third-order valence-electron chi connectivity index (χ3n) is 4.79. The molecule has 1 aromatic rings. The van der Waals surface area contributed by atoms with E-state index < -0.39 is 17.4 Å². The molecule has 0 saturated carbocycles. The summed E-state index contributed by atoms with van der Waals surface area (Å²) in [4.78, 5) is 14.0. The van der Waals surface area contributed by atoms with Crippen molar-refractivity contribution >= 4 is 6.03 Å². The zero-order chi connectivity index (χ0) is 17.2. The van der Waals surface area contributed by atoms with Crippen molar-refractivity contribution in [1.82, 2.24) is 10.2 Å². The van der Waals surface area contributed by atoms with E-state index >= 15 is 0 Å². The van der Waals surface area contributed by atoms with Gasteiger partial charge in [0.1, 0.15) is 11.6 Å². The number of hydrogen-bond acceptors (Lipinski definition) is 3. The van der Waals surface area contributed by atoms with Crippen molar-refractivity contribution in [2.24, 2.45) is 5.92 Å². The minimum Gasteiger partial charge on any atom is -0.347 e. The second-order valence-corrected chi connectivity index (χ2v) is 6.36. The van der Waals surface area contributed by atoms with Crippen molar-refractivity contribution in [2.75, 3.05) is 26.3 Å². The Labute approximate surface area is 139 Å². The topological polar surface area (TPSA) is 50.8 Å². The molecule has 3 rings (SSSR count). The quantitative estimate of drug-likeness (QED) is 0.920. The highest BCUT2D eigenvalue weighted by molar-refractivity contribution is 5.74. The van der Waals surface area contributed by atoms with E-state index in [0.717, 1.165) is 12.8 Å². The standard InChI is InChI=1S/C17H22F2N2O3/c1-17(23-8-9-24-17)12-4-3-7-21(11-12)16(22)20-10-13-14(18)5-2-6-15(13)19/h2,5-6,12H,3-4,7-11H2,1H3,(H,20,22)/t12-/m0/s1. The molecule has 2 aliphatic rings. The van der Waals surface area contributed by atoms with Crippen LogP contribution in [0, 0.1) is 17.6 Å². The normalized spacial score (nSPS) is 23.3. The average molecular weight is 340 g/mol. The van der Waals surface area contributed by atoms with Crippen LogP contribution in [0.2, 0.25) is 0 Å². The Hall–Kier alpha value is -1.73. The Balaban J connectivity index is 1.59. The van der Waals surface area contributed by atoms with Gasteiger partial charge in [0, 0.05) is 24.6 Å². The van der Waals surface area contributed by atoms with Crippen LogP contribution in [0.4, 0.5) is 13.6 Å². The van der Waals surface area contributed by atoms with Crippen LogP contribution < -0.4 is 5.32 Å². The highest BCUT2D eigenvalue weighted by Crippen LogP contribution is 2.34. The van der Waals surface area contributed by atoms with Crippen LogP contribution >= 0.6 is 0 Å². The predicted octanol–water partition coefficient (Wildman–Crippen LogP) is 2.65. The Morgan fingerprint density at radius 2 is 2.00 bits per heavy atom. The van der Waals surface area contributed by atoms with E-state index in [1.807, 2.05) is 6.92 Å². The highest BCUT2D eigenvalue weighted by Gasteiger charge is 2.42. The van der Waals surface area contributed by atoms with E-state index in [9.17, 15) is 13.6 Å². The van der Waals surface area contributed by atoms with Gasteiger partial charge in [-0.3, -0.25) is 0 Å². The van der Waals surface area contributed by atoms with Crippen LogP contribution in [0.5, 0.6) is 0 Å². The first-order valence-corrected chi connectivity index (χ1v) is 8.23. The van der Waals surface area contributed by atoms with Crippen LogP contribution in [0.25, 0.3) is 0 Å². The molecule has 24 heavy (non-hydrogen) atoms. The van der Waals surface area contributed by atoms with Crippen LogP contribution in [0.15, 0.2) is 18.2 Å². The van der Waals surface area contributed by atoms with Crippen molar-refractivity contribution in [3.05, 3.63) is 35.4 Å². The Kier molecular flexibility index (Phi) is 5.01. The maximum Gasteiger partial charge on any atom is 0.317 e. The van der Waals surface area contributed by atoms with E-state index in [2.05, 4.69) is 5.32 Å². The number of piperidine rings is 1. The van der Waals surface area contributed by atoms with E-state index in [4.69, 9.17) is 9.47 Å². The number of carbonyl (C=O) groups is 1. The molecule has 2 heterocycles. The first kappa shape index (κ1) is 17.1. The lowest BCUT2D eigenvalue weighted by atomic mass is 9.90. The number of rotatable bonds is 3. The molecule has 0 spiro atoms. The molecular weight excluding hydrogens is 318 g/mol. The van der Waals surface area contributed by atoms with E-state index in [1.54, 1.807) is 4.90 Å². The molecule has 1 aromatic carbocycles. The summed E-state index contributed by atoms with van der Waals surface area (Å²) >= 11 is 0. The third-order valence-corrected chi connectivity index (χ3v) is 4.79. The number of ether oxygens (including phenoxy) is 2. The van der Waals surface area contributed by atoms with Gasteiger partial charge in [-0.1, -0.05) is 6.07 Å². The molecular formula is C17H22F2N2O3. The lowest BCUT2D eigenvalue weighted by molar-refractivity contribution is -0.189. The summed E-state index contributed by atoms with van der Waals surface area (Å²) in [5.41, 5.74) is -0.131. The number of benzene rings is 1. The summed E-state index contributed by atoms with van der Waals surface area (Å²) in [6.07, 6.45) is 1.76. The first-order chi connectivity index (χ1) is 11.5. The lowest BCUT2D eigenvalue weighted by Crippen LogP contribution is -2.51. The number of urea groups is 1. The second-order valence-electron chi connectivity index (χ2n) is 6.36. The SMILES string of the molecule is CC1([C@H]2CCCN(C(=O)NCc3c(F)cccc3F)C2)OCCO1. The number of carbonyl (C=O) groups excluding carboxylic acids is 1. The van der Waals surface area contributed by atoms with Gasteiger partial charge < -0.3 is 19.7 Å². The molecule has 2 fully saturated rings. The fourth-order valence-corrected chi connectivity index (χ4v) is 3.33. The first-order valence-electron chi connectivity index (χ1n) is 8.23. The molecule has 2 amide bonds. The smallest absolute Gasteiger partial charge is 0.317 e.